The summed E-state index contributed by atoms with van der Waals surface area (Å²) >= 11 is 5.92. The predicted octanol–water partition coefficient (Wildman–Crippen LogP) is 5.35. The molecular weight excluding hydrogens is 462 g/mol. The number of nitrogens with zero attached hydrogens (tertiary/aromatic N) is 1. The number of anilines is 1. The van der Waals surface area contributed by atoms with Crippen LogP contribution in [0.3, 0.4) is 0 Å². The third-order valence-corrected chi connectivity index (χ3v) is 6.01. The molecule has 2 amide bonds. The molecule has 35 heavy (non-hydrogen) atoms. The lowest BCUT2D eigenvalue weighted by Crippen LogP contribution is -2.42. The van der Waals surface area contributed by atoms with E-state index in [1.165, 1.54) is 5.56 Å². The normalized spacial score (nSPS) is 14.7. The number of fused-ring (bicyclic) bond motifs is 1. The van der Waals surface area contributed by atoms with Crippen LogP contribution in [0.25, 0.3) is 6.08 Å². The Hall–Kier alpha value is -3.61. The second-order valence-corrected chi connectivity index (χ2v) is 9.02. The number of likely N-dealkylation sites (N-methyl/N-ethyl adjacent to an activating group) is 1. The molecule has 1 heterocycles. The van der Waals surface area contributed by atoms with Gasteiger partial charge in [-0.1, -0.05) is 61.0 Å². The molecule has 1 aliphatic rings. The number of hydrogen-bond donors (Lipinski definition) is 2. The van der Waals surface area contributed by atoms with Gasteiger partial charge >= 0.3 is 0 Å². The number of halogens is 1. The topological polar surface area (TPSA) is 70.7 Å². The minimum Gasteiger partial charge on any atom is -0.449 e. The van der Waals surface area contributed by atoms with Gasteiger partial charge in [0.05, 0.1) is 5.69 Å². The van der Waals surface area contributed by atoms with Crippen molar-refractivity contribution in [2.75, 3.05) is 18.9 Å². The van der Waals surface area contributed by atoms with Crippen molar-refractivity contribution in [1.82, 2.24) is 10.2 Å². The highest BCUT2D eigenvalue weighted by Crippen LogP contribution is 2.32. The molecule has 7 heteroatoms. The number of carbonyl (C=O) groups excluding carboxylic acids is 2. The van der Waals surface area contributed by atoms with Gasteiger partial charge in [-0.25, -0.2) is 0 Å². The van der Waals surface area contributed by atoms with Crippen molar-refractivity contribution in [3.05, 3.63) is 100 Å². The molecule has 6 nitrogen and oxygen atoms in total. The maximum Gasteiger partial charge on any atom is 0.291 e. The Balaban J connectivity index is 1.40. The first-order valence-electron chi connectivity index (χ1n) is 11.5. The molecule has 0 bridgehead atoms. The van der Waals surface area contributed by atoms with Crippen molar-refractivity contribution in [2.24, 2.45) is 0 Å². The van der Waals surface area contributed by atoms with E-state index in [1.54, 1.807) is 48.5 Å². The minimum atomic E-state index is -0.376. The number of benzene rings is 3. The van der Waals surface area contributed by atoms with E-state index in [1.807, 2.05) is 25.2 Å². The molecule has 1 unspecified atom stereocenters. The van der Waals surface area contributed by atoms with Gasteiger partial charge in [0.2, 0.25) is 0 Å². The fraction of sp³-hybridized carbons (Fsp3) is 0.214. The van der Waals surface area contributed by atoms with Crippen molar-refractivity contribution in [3.8, 4) is 5.75 Å². The second-order valence-electron chi connectivity index (χ2n) is 8.59. The van der Waals surface area contributed by atoms with E-state index in [4.69, 9.17) is 16.3 Å². The smallest absolute Gasteiger partial charge is 0.291 e. The first-order valence-corrected chi connectivity index (χ1v) is 11.9. The van der Waals surface area contributed by atoms with Gasteiger partial charge in [0, 0.05) is 29.7 Å². The van der Waals surface area contributed by atoms with E-state index in [9.17, 15) is 9.59 Å². The van der Waals surface area contributed by atoms with Gasteiger partial charge in [-0.05, 0) is 61.0 Å². The molecule has 1 aliphatic heterocycles. The standard InChI is InChI=1S/C28H28ClN3O3/c1-3-23(18-32(2)17-20-7-5-4-6-8-20)30-27(33)21-11-14-25-24(16-21)31-28(34)26(35-25)15-19-9-12-22(29)13-10-19/h4-16,23H,3,17-18H2,1-2H3,(H,30,33)(H,31,34). The molecule has 0 saturated carbocycles. The molecule has 0 saturated heterocycles. The van der Waals surface area contributed by atoms with Crippen LogP contribution in [0.2, 0.25) is 5.02 Å². The lowest BCUT2D eigenvalue weighted by Gasteiger charge is -2.25. The summed E-state index contributed by atoms with van der Waals surface area (Å²) in [5.41, 5.74) is 2.94. The summed E-state index contributed by atoms with van der Waals surface area (Å²) in [7, 11) is 2.04. The van der Waals surface area contributed by atoms with Gasteiger partial charge in [0.15, 0.2) is 11.5 Å². The lowest BCUT2D eigenvalue weighted by atomic mass is 10.1. The third-order valence-electron chi connectivity index (χ3n) is 5.76. The number of carbonyl (C=O) groups is 2. The first-order chi connectivity index (χ1) is 16.9. The largest absolute Gasteiger partial charge is 0.449 e. The van der Waals surface area contributed by atoms with Gasteiger partial charge in [0.25, 0.3) is 11.8 Å². The highest BCUT2D eigenvalue weighted by Gasteiger charge is 2.24. The Kier molecular flexibility index (Phi) is 7.85. The van der Waals surface area contributed by atoms with Crippen LogP contribution >= 0.6 is 11.6 Å². The first kappa shape index (κ1) is 24.5. The highest BCUT2D eigenvalue weighted by atomic mass is 35.5. The molecular formula is C28H28ClN3O3. The van der Waals surface area contributed by atoms with Crippen LogP contribution in [0, 0.1) is 0 Å². The molecule has 4 rings (SSSR count). The number of nitrogens with one attached hydrogen (secondary N) is 2. The highest BCUT2D eigenvalue weighted by molar-refractivity contribution is 6.30. The summed E-state index contributed by atoms with van der Waals surface area (Å²) in [4.78, 5) is 27.7. The predicted molar refractivity (Wildman–Crippen MR) is 139 cm³/mol. The third kappa shape index (κ3) is 6.50. The zero-order valence-electron chi connectivity index (χ0n) is 19.8. The summed E-state index contributed by atoms with van der Waals surface area (Å²) in [6.07, 6.45) is 2.45. The maximum atomic E-state index is 12.9. The van der Waals surface area contributed by atoms with E-state index in [0.717, 1.165) is 25.1 Å². The van der Waals surface area contributed by atoms with Crippen LogP contribution in [0.15, 0.2) is 78.6 Å². The maximum absolute atomic E-state index is 12.9. The van der Waals surface area contributed by atoms with Gasteiger partial charge in [-0.2, -0.15) is 0 Å². The van der Waals surface area contributed by atoms with Crippen molar-refractivity contribution in [3.63, 3.8) is 0 Å². The second kappa shape index (κ2) is 11.2. The fourth-order valence-electron chi connectivity index (χ4n) is 3.89. The Labute approximate surface area is 210 Å². The zero-order valence-corrected chi connectivity index (χ0v) is 20.5. The summed E-state index contributed by atoms with van der Waals surface area (Å²) in [6, 6.07) is 22.4. The van der Waals surface area contributed by atoms with Crippen molar-refractivity contribution in [2.45, 2.75) is 25.9 Å². The van der Waals surface area contributed by atoms with Gasteiger partial charge in [-0.15, -0.1) is 0 Å². The van der Waals surface area contributed by atoms with Gasteiger partial charge in [0.1, 0.15) is 0 Å². The average molecular weight is 490 g/mol. The molecule has 2 N–H and O–H groups in total. The average Bonchev–Trinajstić information content (AvgIpc) is 2.85. The molecule has 3 aromatic rings. The van der Waals surface area contributed by atoms with Gasteiger partial charge < -0.3 is 20.3 Å². The van der Waals surface area contributed by atoms with Gasteiger partial charge in [-0.3, -0.25) is 9.59 Å². The Bertz CT molecular complexity index is 1230. The van der Waals surface area contributed by atoms with Crippen LogP contribution < -0.4 is 15.4 Å². The van der Waals surface area contributed by atoms with E-state index in [0.29, 0.717) is 22.0 Å². The molecule has 180 valence electrons. The number of rotatable bonds is 8. The summed E-state index contributed by atoms with van der Waals surface area (Å²) in [6.45, 7) is 3.58. The summed E-state index contributed by atoms with van der Waals surface area (Å²) in [5.74, 6) is 0.0871. The number of ether oxygens (including phenoxy) is 1. The summed E-state index contributed by atoms with van der Waals surface area (Å²) in [5, 5.41) is 6.54. The molecule has 0 fully saturated rings. The molecule has 0 aliphatic carbocycles. The molecule has 3 aromatic carbocycles. The van der Waals surface area contributed by atoms with E-state index in [-0.39, 0.29) is 23.6 Å². The van der Waals surface area contributed by atoms with Crippen molar-refractivity contribution in [1.29, 1.82) is 0 Å². The Morgan fingerprint density at radius 2 is 1.86 bits per heavy atom. The van der Waals surface area contributed by atoms with E-state index >= 15 is 0 Å². The Morgan fingerprint density at radius 3 is 2.57 bits per heavy atom. The zero-order chi connectivity index (χ0) is 24.8. The SMILES string of the molecule is CCC(CN(C)Cc1ccccc1)NC(=O)c1ccc2c(c1)NC(=O)C(=Cc1ccc(Cl)cc1)O2. The number of amides is 2. The fourth-order valence-corrected chi connectivity index (χ4v) is 4.02. The van der Waals surface area contributed by atoms with E-state index < -0.39 is 0 Å². The molecule has 1 atom stereocenters. The van der Waals surface area contributed by atoms with Crippen molar-refractivity contribution < 1.29 is 14.3 Å². The van der Waals surface area contributed by atoms with Crippen molar-refractivity contribution >= 4 is 35.2 Å². The molecule has 0 spiro atoms. The minimum absolute atomic E-state index is 0.00741. The quantitative estimate of drug-likeness (QED) is 0.418. The Morgan fingerprint density at radius 1 is 1.11 bits per heavy atom. The molecule has 0 aromatic heterocycles. The van der Waals surface area contributed by atoms with Crippen LogP contribution in [0.1, 0.15) is 34.8 Å². The van der Waals surface area contributed by atoms with Crippen LogP contribution in [-0.4, -0.2) is 36.3 Å². The van der Waals surface area contributed by atoms with Crippen LogP contribution in [0.5, 0.6) is 5.75 Å². The summed E-state index contributed by atoms with van der Waals surface area (Å²) < 4.78 is 5.80. The van der Waals surface area contributed by atoms with E-state index in [2.05, 4.69) is 34.6 Å². The lowest BCUT2D eigenvalue weighted by molar-refractivity contribution is -0.115. The monoisotopic (exact) mass is 489 g/mol. The van der Waals surface area contributed by atoms with Crippen LogP contribution in [0.4, 0.5) is 5.69 Å². The molecule has 0 radical (unpaired) electrons. The van der Waals surface area contributed by atoms with Crippen LogP contribution in [-0.2, 0) is 11.3 Å². The number of hydrogen-bond acceptors (Lipinski definition) is 4.